The molecule has 0 saturated carbocycles. The predicted octanol–water partition coefficient (Wildman–Crippen LogP) is 1.29. The summed E-state index contributed by atoms with van der Waals surface area (Å²) in [7, 11) is -3.07. The van der Waals surface area contributed by atoms with E-state index in [0.717, 1.165) is 19.6 Å². The van der Waals surface area contributed by atoms with Gasteiger partial charge >= 0.3 is 0 Å². The highest BCUT2D eigenvalue weighted by atomic mass is 32.2. The van der Waals surface area contributed by atoms with E-state index in [2.05, 4.69) is 23.5 Å². The lowest BCUT2D eigenvalue weighted by atomic mass is 9.92. The third kappa shape index (κ3) is 5.36. The standard InChI is InChI=1S/C12H26N2O2S/c1-5-17(15,16)13-12(4)9-14-7-10(2)6-11(3)8-14/h10-13H,5-9H2,1-4H3/t10-,11-,12+/m0/s1. The molecule has 0 aromatic carbocycles. The van der Waals surface area contributed by atoms with Crippen LogP contribution in [0.5, 0.6) is 0 Å². The molecule has 0 aromatic rings. The number of likely N-dealkylation sites (tertiary alicyclic amines) is 1. The minimum absolute atomic E-state index is 0.00236. The molecular formula is C12H26N2O2S. The van der Waals surface area contributed by atoms with Crippen molar-refractivity contribution in [2.75, 3.05) is 25.4 Å². The summed E-state index contributed by atoms with van der Waals surface area (Å²) >= 11 is 0. The molecule has 0 bridgehead atoms. The van der Waals surface area contributed by atoms with Gasteiger partial charge in [0.2, 0.25) is 10.0 Å². The van der Waals surface area contributed by atoms with Gasteiger partial charge in [-0.15, -0.1) is 0 Å². The van der Waals surface area contributed by atoms with Gasteiger partial charge in [0.25, 0.3) is 0 Å². The highest BCUT2D eigenvalue weighted by molar-refractivity contribution is 7.89. The summed E-state index contributed by atoms with van der Waals surface area (Å²) in [5.41, 5.74) is 0. The Bertz CT molecular complexity index is 319. The third-order valence-electron chi connectivity index (χ3n) is 3.24. The van der Waals surface area contributed by atoms with Crippen molar-refractivity contribution in [3.8, 4) is 0 Å². The van der Waals surface area contributed by atoms with E-state index < -0.39 is 10.0 Å². The molecule has 0 unspecified atom stereocenters. The van der Waals surface area contributed by atoms with Crippen LogP contribution < -0.4 is 4.72 Å². The van der Waals surface area contributed by atoms with E-state index in [1.165, 1.54) is 6.42 Å². The zero-order chi connectivity index (χ0) is 13.1. The van der Waals surface area contributed by atoms with E-state index in [0.29, 0.717) is 11.8 Å². The minimum atomic E-state index is -3.07. The molecule has 3 atom stereocenters. The monoisotopic (exact) mass is 262 g/mol. The van der Waals surface area contributed by atoms with Crippen molar-refractivity contribution >= 4 is 10.0 Å². The van der Waals surface area contributed by atoms with Crippen molar-refractivity contribution in [2.45, 2.75) is 40.2 Å². The number of piperidine rings is 1. The number of hydrogen-bond acceptors (Lipinski definition) is 3. The summed E-state index contributed by atoms with van der Waals surface area (Å²) in [6.07, 6.45) is 1.28. The average Bonchev–Trinajstić information content (AvgIpc) is 2.14. The van der Waals surface area contributed by atoms with E-state index in [-0.39, 0.29) is 11.8 Å². The lowest BCUT2D eigenvalue weighted by molar-refractivity contribution is 0.134. The van der Waals surface area contributed by atoms with Crippen molar-refractivity contribution < 1.29 is 8.42 Å². The molecule has 1 saturated heterocycles. The van der Waals surface area contributed by atoms with Gasteiger partial charge in [0.05, 0.1) is 5.75 Å². The van der Waals surface area contributed by atoms with Crippen molar-refractivity contribution in [1.29, 1.82) is 0 Å². The van der Waals surface area contributed by atoms with Crippen LogP contribution in [0.15, 0.2) is 0 Å². The zero-order valence-corrected chi connectivity index (χ0v) is 12.3. The highest BCUT2D eigenvalue weighted by Crippen LogP contribution is 2.20. The second kappa shape index (κ2) is 6.16. The maximum Gasteiger partial charge on any atom is 0.211 e. The Morgan fingerprint density at radius 1 is 1.29 bits per heavy atom. The Morgan fingerprint density at radius 3 is 2.29 bits per heavy atom. The first kappa shape index (κ1) is 14.9. The Morgan fingerprint density at radius 2 is 1.82 bits per heavy atom. The molecule has 0 aliphatic carbocycles. The second-order valence-corrected chi connectivity index (χ2v) is 7.63. The Kier molecular flexibility index (Phi) is 5.41. The van der Waals surface area contributed by atoms with Gasteiger partial charge in [0.15, 0.2) is 0 Å². The smallest absolute Gasteiger partial charge is 0.211 e. The lowest BCUT2D eigenvalue weighted by Gasteiger charge is -2.36. The topological polar surface area (TPSA) is 49.4 Å². The fraction of sp³-hybridized carbons (Fsp3) is 1.00. The predicted molar refractivity (Wildman–Crippen MR) is 71.4 cm³/mol. The molecule has 102 valence electrons. The van der Waals surface area contributed by atoms with Crippen molar-refractivity contribution in [1.82, 2.24) is 9.62 Å². The van der Waals surface area contributed by atoms with Crippen molar-refractivity contribution in [2.24, 2.45) is 11.8 Å². The van der Waals surface area contributed by atoms with Gasteiger partial charge in [0, 0.05) is 25.7 Å². The maximum absolute atomic E-state index is 11.5. The number of hydrogen-bond donors (Lipinski definition) is 1. The summed E-state index contributed by atoms with van der Waals surface area (Å²) in [5.74, 6) is 1.59. The molecule has 0 spiro atoms. The first-order valence-corrected chi connectivity index (χ1v) is 8.20. The quantitative estimate of drug-likeness (QED) is 0.812. The molecule has 1 fully saturated rings. The Labute approximate surface area is 106 Å². The lowest BCUT2D eigenvalue weighted by Crippen LogP contribution is -2.47. The fourth-order valence-corrected chi connectivity index (χ4v) is 3.61. The molecule has 1 rings (SSSR count). The van der Waals surface area contributed by atoms with E-state index >= 15 is 0 Å². The van der Waals surface area contributed by atoms with Crippen LogP contribution in [0, 0.1) is 11.8 Å². The maximum atomic E-state index is 11.5. The van der Waals surface area contributed by atoms with Crippen LogP contribution in [0.4, 0.5) is 0 Å². The van der Waals surface area contributed by atoms with E-state index in [1.54, 1.807) is 6.92 Å². The number of sulfonamides is 1. The SMILES string of the molecule is CCS(=O)(=O)N[C@H](C)CN1C[C@@H](C)C[C@H](C)C1. The molecule has 5 heteroatoms. The molecule has 1 N–H and O–H groups in total. The van der Waals surface area contributed by atoms with Gasteiger partial charge in [-0.1, -0.05) is 13.8 Å². The number of nitrogens with zero attached hydrogens (tertiary/aromatic N) is 1. The molecule has 1 aliphatic rings. The first-order chi connectivity index (χ1) is 7.82. The van der Waals surface area contributed by atoms with E-state index in [1.807, 2.05) is 6.92 Å². The van der Waals surface area contributed by atoms with E-state index in [9.17, 15) is 8.42 Å². The van der Waals surface area contributed by atoms with Crippen LogP contribution >= 0.6 is 0 Å². The van der Waals surface area contributed by atoms with Crippen LogP contribution in [0.25, 0.3) is 0 Å². The van der Waals surface area contributed by atoms with Crippen LogP contribution in [0.2, 0.25) is 0 Å². The van der Waals surface area contributed by atoms with Gasteiger partial charge < -0.3 is 4.90 Å². The molecule has 4 nitrogen and oxygen atoms in total. The molecule has 17 heavy (non-hydrogen) atoms. The van der Waals surface area contributed by atoms with Crippen molar-refractivity contribution in [3.05, 3.63) is 0 Å². The van der Waals surface area contributed by atoms with Crippen LogP contribution in [-0.2, 0) is 10.0 Å². The Balaban J connectivity index is 2.43. The average molecular weight is 262 g/mol. The first-order valence-electron chi connectivity index (χ1n) is 6.54. The number of rotatable bonds is 5. The molecule has 1 heterocycles. The summed E-state index contributed by atoms with van der Waals surface area (Å²) in [6, 6.07) is -0.00236. The molecule has 0 radical (unpaired) electrons. The summed E-state index contributed by atoms with van der Waals surface area (Å²) in [4.78, 5) is 2.38. The molecular weight excluding hydrogens is 236 g/mol. The van der Waals surface area contributed by atoms with Crippen LogP contribution in [-0.4, -0.2) is 44.7 Å². The van der Waals surface area contributed by atoms with Crippen LogP contribution in [0.3, 0.4) is 0 Å². The largest absolute Gasteiger partial charge is 0.301 e. The normalized spacial score (nSPS) is 29.2. The Hall–Kier alpha value is -0.130. The minimum Gasteiger partial charge on any atom is -0.301 e. The van der Waals surface area contributed by atoms with Crippen molar-refractivity contribution in [3.63, 3.8) is 0 Å². The summed E-state index contributed by atoms with van der Waals surface area (Å²) in [6.45, 7) is 11.1. The zero-order valence-electron chi connectivity index (χ0n) is 11.4. The van der Waals surface area contributed by atoms with Crippen LogP contribution in [0.1, 0.15) is 34.1 Å². The molecule has 1 aliphatic heterocycles. The fourth-order valence-electron chi connectivity index (χ4n) is 2.76. The second-order valence-electron chi connectivity index (χ2n) is 5.59. The summed E-state index contributed by atoms with van der Waals surface area (Å²) < 4.78 is 25.6. The van der Waals surface area contributed by atoms with Gasteiger partial charge in [-0.2, -0.15) is 0 Å². The third-order valence-corrected chi connectivity index (χ3v) is 4.76. The highest BCUT2D eigenvalue weighted by Gasteiger charge is 2.23. The summed E-state index contributed by atoms with van der Waals surface area (Å²) in [5, 5.41) is 0. The molecule has 0 aromatic heterocycles. The van der Waals surface area contributed by atoms with E-state index in [4.69, 9.17) is 0 Å². The van der Waals surface area contributed by atoms with Gasteiger partial charge in [-0.25, -0.2) is 13.1 Å². The number of nitrogens with one attached hydrogen (secondary N) is 1. The van der Waals surface area contributed by atoms with Gasteiger partial charge in [0.1, 0.15) is 0 Å². The van der Waals surface area contributed by atoms with Gasteiger partial charge in [-0.3, -0.25) is 0 Å². The molecule has 0 amide bonds. The van der Waals surface area contributed by atoms with Gasteiger partial charge in [-0.05, 0) is 32.1 Å².